The van der Waals surface area contributed by atoms with E-state index in [1.54, 1.807) is 0 Å². The number of aryl methyl sites for hydroxylation is 2. The molecule has 4 aromatic carbocycles. The molecule has 0 aromatic heterocycles. The molecule has 210 valence electrons. The van der Waals surface area contributed by atoms with Crippen LogP contribution in [0.15, 0.2) is 97.1 Å². The van der Waals surface area contributed by atoms with Gasteiger partial charge in [0.1, 0.15) is 8.07 Å². The van der Waals surface area contributed by atoms with E-state index in [1.165, 1.54) is 24.3 Å². The van der Waals surface area contributed by atoms with Gasteiger partial charge >= 0.3 is 12.4 Å². The predicted molar refractivity (Wildman–Crippen MR) is 156 cm³/mol. The Kier molecular flexibility index (Phi) is 7.14. The fraction of sp³-hybridized carbons (Fsp3) is 0.176. The van der Waals surface area contributed by atoms with Gasteiger partial charge in [-0.1, -0.05) is 97.0 Å². The molecule has 0 unspecified atom stereocenters. The van der Waals surface area contributed by atoms with Crippen LogP contribution >= 0.6 is 0 Å². The number of hydrogen-bond acceptors (Lipinski definition) is 0. The van der Waals surface area contributed by atoms with Gasteiger partial charge in [-0.2, -0.15) is 26.3 Å². The Labute approximate surface area is 236 Å². The molecule has 1 aliphatic heterocycles. The molecule has 7 heteroatoms. The van der Waals surface area contributed by atoms with Gasteiger partial charge in [0.25, 0.3) is 0 Å². The Hall–Kier alpha value is -3.84. The minimum Gasteiger partial charge on any atom is -0.166 e. The number of benzene rings is 4. The van der Waals surface area contributed by atoms with Crippen molar-refractivity contribution in [2.45, 2.75) is 39.3 Å². The molecule has 0 fully saturated rings. The highest BCUT2D eigenvalue weighted by Gasteiger charge is 2.44. The highest BCUT2D eigenvalue weighted by molar-refractivity contribution is 7.13. The van der Waals surface area contributed by atoms with Gasteiger partial charge in [0.15, 0.2) is 0 Å². The second-order valence-electron chi connectivity index (χ2n) is 11.0. The lowest BCUT2D eigenvalue weighted by molar-refractivity contribution is -0.138. The van der Waals surface area contributed by atoms with E-state index in [1.807, 2.05) is 50.2 Å². The number of rotatable bonds is 4. The zero-order valence-electron chi connectivity index (χ0n) is 23.0. The minimum absolute atomic E-state index is 0.679. The van der Waals surface area contributed by atoms with Crippen molar-refractivity contribution in [3.8, 4) is 0 Å². The maximum atomic E-state index is 13.5. The smallest absolute Gasteiger partial charge is 0.166 e. The molecular weight excluding hydrogens is 550 g/mol. The monoisotopic (exact) mass is 578 g/mol. The van der Waals surface area contributed by atoms with Crippen LogP contribution in [0.2, 0.25) is 13.1 Å². The summed E-state index contributed by atoms with van der Waals surface area (Å²) in [5.41, 5.74) is 5.59. The topological polar surface area (TPSA) is 0 Å². The molecule has 0 bridgehead atoms. The van der Waals surface area contributed by atoms with Crippen molar-refractivity contribution in [1.82, 2.24) is 0 Å². The number of allylic oxidation sites excluding steroid dienone is 2. The molecule has 0 nitrogen and oxygen atoms in total. The third kappa shape index (κ3) is 5.43. The van der Waals surface area contributed by atoms with Gasteiger partial charge < -0.3 is 0 Å². The first-order valence-electron chi connectivity index (χ1n) is 13.2. The van der Waals surface area contributed by atoms with Crippen molar-refractivity contribution in [1.29, 1.82) is 0 Å². The first-order valence-corrected chi connectivity index (χ1v) is 16.2. The Balaban J connectivity index is 1.86. The molecule has 0 N–H and O–H groups in total. The maximum absolute atomic E-state index is 13.5. The Morgan fingerprint density at radius 1 is 0.463 bits per heavy atom. The molecule has 0 spiro atoms. The molecule has 0 atom stereocenters. The Morgan fingerprint density at radius 2 is 0.805 bits per heavy atom. The first kappa shape index (κ1) is 28.7. The highest BCUT2D eigenvalue weighted by Crippen LogP contribution is 2.56. The molecule has 1 aliphatic rings. The third-order valence-electron chi connectivity index (χ3n) is 7.62. The maximum Gasteiger partial charge on any atom is 0.416 e. The van der Waals surface area contributed by atoms with Gasteiger partial charge in [-0.05, 0) is 81.9 Å². The summed E-state index contributed by atoms with van der Waals surface area (Å²) in [4.78, 5) is 0. The standard InChI is InChI=1S/C34H28F6Si/c1-21-7-5-9-25(19-21)29-30(26-10-6-8-22(2)20-26)32(24-13-17-28(18-14-24)34(38,39)40)41(3,4)31(29)23-11-15-27(16-12-23)33(35,36)37/h5-20H,1-4H3. The average molecular weight is 579 g/mol. The Morgan fingerprint density at radius 3 is 1.10 bits per heavy atom. The summed E-state index contributed by atoms with van der Waals surface area (Å²) in [5, 5.41) is 1.89. The van der Waals surface area contributed by atoms with Gasteiger partial charge in [0, 0.05) is 0 Å². The van der Waals surface area contributed by atoms with Gasteiger partial charge in [0.05, 0.1) is 11.1 Å². The van der Waals surface area contributed by atoms with Crippen LogP contribution in [0.1, 0.15) is 44.5 Å². The lowest BCUT2D eigenvalue weighted by Crippen LogP contribution is -2.28. The molecule has 0 amide bonds. The molecule has 0 saturated heterocycles. The minimum atomic E-state index is -4.47. The summed E-state index contributed by atoms with van der Waals surface area (Å²) in [5.74, 6) is 0. The molecular formula is C34H28F6Si. The van der Waals surface area contributed by atoms with Crippen molar-refractivity contribution in [3.05, 3.63) is 142 Å². The summed E-state index contributed by atoms with van der Waals surface area (Å²) in [6.07, 6.45) is -8.93. The van der Waals surface area contributed by atoms with Crippen LogP contribution in [0.5, 0.6) is 0 Å². The molecule has 0 aliphatic carbocycles. The predicted octanol–water partition coefficient (Wildman–Crippen LogP) is 10.7. The number of halogens is 6. The largest absolute Gasteiger partial charge is 0.416 e. The van der Waals surface area contributed by atoms with Crippen LogP contribution in [0, 0.1) is 13.8 Å². The third-order valence-corrected chi connectivity index (χ3v) is 11.2. The summed E-state index contributed by atoms with van der Waals surface area (Å²) < 4.78 is 80.8. The Bertz CT molecular complexity index is 1540. The van der Waals surface area contributed by atoms with Crippen molar-refractivity contribution in [2.75, 3.05) is 0 Å². The van der Waals surface area contributed by atoms with E-state index < -0.39 is 31.6 Å². The van der Waals surface area contributed by atoms with Crippen molar-refractivity contribution >= 4 is 29.6 Å². The van der Waals surface area contributed by atoms with Crippen LogP contribution in [0.3, 0.4) is 0 Å². The fourth-order valence-corrected chi connectivity index (χ4v) is 9.66. The van der Waals surface area contributed by atoms with Crippen LogP contribution in [0.4, 0.5) is 26.3 Å². The van der Waals surface area contributed by atoms with E-state index in [9.17, 15) is 26.3 Å². The van der Waals surface area contributed by atoms with E-state index in [2.05, 4.69) is 25.2 Å². The molecule has 0 radical (unpaired) electrons. The van der Waals surface area contributed by atoms with E-state index in [0.29, 0.717) is 11.1 Å². The zero-order valence-corrected chi connectivity index (χ0v) is 24.0. The van der Waals surface area contributed by atoms with Crippen LogP contribution in [0.25, 0.3) is 21.5 Å². The quantitative estimate of drug-likeness (QED) is 0.167. The van der Waals surface area contributed by atoms with Gasteiger partial charge in [-0.15, -0.1) is 0 Å². The molecule has 1 heterocycles. The SMILES string of the molecule is Cc1cccc(C2=C(c3ccc(C(F)(F)F)cc3)[Si](C)(C)C(c3ccc(C(F)(F)F)cc3)=C2c2cccc(C)c2)c1. The van der Waals surface area contributed by atoms with Gasteiger partial charge in [0.2, 0.25) is 0 Å². The fourth-order valence-electron chi connectivity index (χ4n) is 5.84. The zero-order chi connectivity index (χ0) is 29.7. The van der Waals surface area contributed by atoms with Crippen LogP contribution in [-0.4, -0.2) is 8.07 Å². The normalized spacial score (nSPS) is 15.6. The number of alkyl halides is 6. The molecule has 41 heavy (non-hydrogen) atoms. The van der Waals surface area contributed by atoms with Gasteiger partial charge in [-0.3, -0.25) is 0 Å². The highest BCUT2D eigenvalue weighted by atomic mass is 28.3. The first-order chi connectivity index (χ1) is 19.2. The van der Waals surface area contributed by atoms with Crippen LogP contribution < -0.4 is 0 Å². The summed E-state index contributed by atoms with van der Waals surface area (Å²) in [6, 6.07) is 26.4. The van der Waals surface area contributed by atoms with Gasteiger partial charge in [-0.25, -0.2) is 0 Å². The van der Waals surface area contributed by atoms with Crippen LogP contribution in [-0.2, 0) is 12.4 Å². The summed E-state index contributed by atoms with van der Waals surface area (Å²) in [6.45, 7) is 8.19. The van der Waals surface area contributed by atoms with E-state index >= 15 is 0 Å². The van der Waals surface area contributed by atoms with Crippen molar-refractivity contribution in [3.63, 3.8) is 0 Å². The second-order valence-corrected chi connectivity index (χ2v) is 15.3. The van der Waals surface area contributed by atoms with E-state index in [0.717, 1.165) is 68.1 Å². The van der Waals surface area contributed by atoms with Crippen molar-refractivity contribution < 1.29 is 26.3 Å². The lowest BCUT2D eigenvalue weighted by atomic mass is 9.88. The van der Waals surface area contributed by atoms with E-state index in [4.69, 9.17) is 0 Å². The summed E-state index contributed by atoms with van der Waals surface area (Å²) in [7, 11) is -2.74. The van der Waals surface area contributed by atoms with E-state index in [-0.39, 0.29) is 0 Å². The van der Waals surface area contributed by atoms with Crippen molar-refractivity contribution in [2.24, 2.45) is 0 Å². The molecule has 5 rings (SSSR count). The molecule has 0 saturated carbocycles. The summed E-state index contributed by atoms with van der Waals surface area (Å²) >= 11 is 0. The second kappa shape index (κ2) is 10.2. The number of hydrogen-bond donors (Lipinski definition) is 0. The average Bonchev–Trinajstić information content (AvgIpc) is 3.15. The lowest BCUT2D eigenvalue weighted by Gasteiger charge is -2.27. The molecule has 4 aromatic rings.